The number of carbonyl (C=O) groups excluding carboxylic acids is 3. The zero-order chi connectivity index (χ0) is 16.6. The zero-order valence-electron chi connectivity index (χ0n) is 13.2. The summed E-state index contributed by atoms with van der Waals surface area (Å²) in [6, 6.07) is 6.52. The SMILES string of the molecule is CC(N)C1CCCCN1C(=O)CN1C(=O)c2ccccc2C1=O. The van der Waals surface area contributed by atoms with Crippen LogP contribution in [0.5, 0.6) is 0 Å². The van der Waals surface area contributed by atoms with Gasteiger partial charge in [0.1, 0.15) is 6.54 Å². The summed E-state index contributed by atoms with van der Waals surface area (Å²) in [6.07, 6.45) is 2.84. The Morgan fingerprint density at radius 3 is 2.39 bits per heavy atom. The van der Waals surface area contributed by atoms with Crippen LogP contribution in [0.15, 0.2) is 24.3 Å². The molecule has 0 aliphatic carbocycles. The van der Waals surface area contributed by atoms with Gasteiger partial charge in [0.05, 0.1) is 11.1 Å². The van der Waals surface area contributed by atoms with Crippen molar-refractivity contribution in [2.45, 2.75) is 38.3 Å². The smallest absolute Gasteiger partial charge is 0.262 e. The summed E-state index contributed by atoms with van der Waals surface area (Å²) >= 11 is 0. The maximum atomic E-state index is 12.6. The molecule has 1 aromatic rings. The summed E-state index contributed by atoms with van der Waals surface area (Å²) in [4.78, 5) is 40.1. The van der Waals surface area contributed by atoms with Gasteiger partial charge in [0.15, 0.2) is 0 Å². The number of nitrogens with zero attached hydrogens (tertiary/aromatic N) is 2. The Hall–Kier alpha value is -2.21. The molecule has 1 saturated heterocycles. The van der Waals surface area contributed by atoms with Crippen molar-refractivity contribution in [3.8, 4) is 0 Å². The molecule has 0 aromatic heterocycles. The van der Waals surface area contributed by atoms with Crippen molar-refractivity contribution in [1.29, 1.82) is 0 Å². The van der Waals surface area contributed by atoms with E-state index >= 15 is 0 Å². The molecule has 0 radical (unpaired) electrons. The van der Waals surface area contributed by atoms with Gasteiger partial charge in [-0.15, -0.1) is 0 Å². The Labute approximate surface area is 135 Å². The third kappa shape index (κ3) is 2.74. The van der Waals surface area contributed by atoms with Crippen molar-refractivity contribution in [2.75, 3.05) is 13.1 Å². The lowest BCUT2D eigenvalue weighted by atomic mass is 9.97. The van der Waals surface area contributed by atoms with Crippen LogP contribution in [0.1, 0.15) is 46.9 Å². The number of fused-ring (bicyclic) bond motifs is 1. The highest BCUT2D eigenvalue weighted by Crippen LogP contribution is 2.24. The van der Waals surface area contributed by atoms with E-state index in [1.165, 1.54) is 0 Å². The van der Waals surface area contributed by atoms with Gasteiger partial charge in [-0.05, 0) is 38.3 Å². The van der Waals surface area contributed by atoms with Gasteiger partial charge in [-0.1, -0.05) is 12.1 Å². The second-order valence-electron chi connectivity index (χ2n) is 6.25. The number of benzene rings is 1. The first-order valence-electron chi connectivity index (χ1n) is 8.01. The van der Waals surface area contributed by atoms with Crippen molar-refractivity contribution in [2.24, 2.45) is 5.73 Å². The first-order chi connectivity index (χ1) is 11.0. The number of piperidine rings is 1. The van der Waals surface area contributed by atoms with Crippen molar-refractivity contribution in [3.63, 3.8) is 0 Å². The lowest BCUT2D eigenvalue weighted by molar-refractivity contribution is -0.135. The summed E-state index contributed by atoms with van der Waals surface area (Å²) < 4.78 is 0. The molecule has 122 valence electrons. The first-order valence-corrected chi connectivity index (χ1v) is 8.01. The fourth-order valence-corrected chi connectivity index (χ4v) is 3.42. The standard InChI is InChI=1S/C17H21N3O3/c1-11(18)14-8-4-5-9-19(14)15(21)10-20-16(22)12-6-2-3-7-13(12)17(20)23/h2-3,6-7,11,14H,4-5,8-10,18H2,1H3. The maximum absolute atomic E-state index is 12.6. The normalized spacial score (nSPS) is 22.3. The molecule has 2 atom stereocenters. The third-order valence-electron chi connectivity index (χ3n) is 4.65. The molecule has 0 spiro atoms. The van der Waals surface area contributed by atoms with Crippen LogP contribution in [-0.2, 0) is 4.79 Å². The number of amides is 3. The molecule has 23 heavy (non-hydrogen) atoms. The van der Waals surface area contributed by atoms with Crippen LogP contribution < -0.4 is 5.73 Å². The molecule has 6 nitrogen and oxygen atoms in total. The van der Waals surface area contributed by atoms with Gasteiger partial charge in [-0.3, -0.25) is 19.3 Å². The van der Waals surface area contributed by atoms with E-state index in [0.717, 1.165) is 24.2 Å². The van der Waals surface area contributed by atoms with E-state index in [2.05, 4.69) is 0 Å². The molecule has 2 aliphatic rings. The van der Waals surface area contributed by atoms with Gasteiger partial charge in [-0.25, -0.2) is 0 Å². The number of imide groups is 1. The molecule has 2 heterocycles. The molecule has 2 aliphatic heterocycles. The molecule has 6 heteroatoms. The largest absolute Gasteiger partial charge is 0.337 e. The van der Waals surface area contributed by atoms with Gasteiger partial charge < -0.3 is 10.6 Å². The van der Waals surface area contributed by atoms with Gasteiger partial charge in [0.25, 0.3) is 11.8 Å². The summed E-state index contributed by atoms with van der Waals surface area (Å²) in [6.45, 7) is 2.31. The van der Waals surface area contributed by atoms with Crippen molar-refractivity contribution < 1.29 is 14.4 Å². The predicted molar refractivity (Wildman–Crippen MR) is 84.8 cm³/mol. The minimum Gasteiger partial charge on any atom is -0.337 e. The van der Waals surface area contributed by atoms with E-state index in [1.807, 2.05) is 6.92 Å². The quantitative estimate of drug-likeness (QED) is 0.844. The van der Waals surface area contributed by atoms with Crippen LogP contribution in [0.3, 0.4) is 0 Å². The Morgan fingerprint density at radius 1 is 1.22 bits per heavy atom. The van der Waals surface area contributed by atoms with Crippen molar-refractivity contribution in [3.05, 3.63) is 35.4 Å². The summed E-state index contributed by atoms with van der Waals surface area (Å²) in [5.74, 6) is -0.997. The second-order valence-corrected chi connectivity index (χ2v) is 6.25. The molecule has 3 rings (SSSR count). The molecule has 2 N–H and O–H groups in total. The van der Waals surface area contributed by atoms with E-state index in [0.29, 0.717) is 17.7 Å². The highest BCUT2D eigenvalue weighted by atomic mass is 16.2. The van der Waals surface area contributed by atoms with Crippen molar-refractivity contribution >= 4 is 17.7 Å². The fraction of sp³-hybridized carbons (Fsp3) is 0.471. The lowest BCUT2D eigenvalue weighted by Crippen LogP contribution is -2.54. The fourth-order valence-electron chi connectivity index (χ4n) is 3.42. The van der Waals surface area contributed by atoms with Gasteiger partial charge in [0, 0.05) is 18.6 Å². The van der Waals surface area contributed by atoms with Crippen LogP contribution in [0.25, 0.3) is 0 Å². The minimum atomic E-state index is -0.395. The number of carbonyl (C=O) groups is 3. The van der Waals surface area contributed by atoms with E-state index in [1.54, 1.807) is 29.2 Å². The van der Waals surface area contributed by atoms with E-state index < -0.39 is 11.8 Å². The predicted octanol–water partition coefficient (Wildman–Crippen LogP) is 1.01. The molecular weight excluding hydrogens is 294 g/mol. The Kier molecular flexibility index (Phi) is 4.17. The van der Waals surface area contributed by atoms with Crippen LogP contribution >= 0.6 is 0 Å². The van der Waals surface area contributed by atoms with Gasteiger partial charge in [0.2, 0.25) is 5.91 Å². The topological polar surface area (TPSA) is 83.7 Å². The summed E-state index contributed by atoms with van der Waals surface area (Å²) in [5, 5.41) is 0. The molecule has 1 aromatic carbocycles. The number of hydrogen-bond donors (Lipinski definition) is 1. The Bertz CT molecular complexity index is 621. The zero-order valence-corrected chi connectivity index (χ0v) is 13.2. The average molecular weight is 315 g/mol. The lowest BCUT2D eigenvalue weighted by Gasteiger charge is -2.38. The molecule has 0 saturated carbocycles. The molecule has 0 bridgehead atoms. The van der Waals surface area contributed by atoms with Gasteiger partial charge in [-0.2, -0.15) is 0 Å². The van der Waals surface area contributed by atoms with Crippen LogP contribution in [-0.4, -0.2) is 52.7 Å². The Balaban J connectivity index is 1.76. The second kappa shape index (κ2) is 6.12. The van der Waals surface area contributed by atoms with E-state index in [4.69, 9.17) is 5.73 Å². The van der Waals surface area contributed by atoms with Crippen LogP contribution in [0.4, 0.5) is 0 Å². The van der Waals surface area contributed by atoms with E-state index in [9.17, 15) is 14.4 Å². The summed E-state index contributed by atoms with van der Waals surface area (Å²) in [7, 11) is 0. The van der Waals surface area contributed by atoms with Crippen LogP contribution in [0, 0.1) is 0 Å². The Morgan fingerprint density at radius 2 is 1.83 bits per heavy atom. The highest BCUT2D eigenvalue weighted by molar-refractivity contribution is 6.22. The van der Waals surface area contributed by atoms with Crippen molar-refractivity contribution in [1.82, 2.24) is 9.80 Å². The monoisotopic (exact) mass is 315 g/mol. The van der Waals surface area contributed by atoms with E-state index in [-0.39, 0.29) is 24.5 Å². The number of rotatable bonds is 3. The molecule has 2 unspecified atom stereocenters. The van der Waals surface area contributed by atoms with Gasteiger partial charge >= 0.3 is 0 Å². The average Bonchev–Trinajstić information content (AvgIpc) is 2.80. The third-order valence-corrected chi connectivity index (χ3v) is 4.65. The summed E-state index contributed by atoms with van der Waals surface area (Å²) in [5.41, 5.74) is 6.72. The number of hydrogen-bond acceptors (Lipinski definition) is 4. The molecule has 3 amide bonds. The number of nitrogens with two attached hydrogens (primary N) is 1. The maximum Gasteiger partial charge on any atom is 0.262 e. The number of likely N-dealkylation sites (tertiary alicyclic amines) is 1. The molecular formula is C17H21N3O3. The first kappa shape index (κ1) is 15.7. The van der Waals surface area contributed by atoms with Crippen LogP contribution in [0.2, 0.25) is 0 Å². The molecule has 1 fully saturated rings. The highest BCUT2D eigenvalue weighted by Gasteiger charge is 2.38. The minimum absolute atomic E-state index is 0.0218.